The number of aliphatic imine (C=N–C) groups is 1. The molecule has 7 nitrogen and oxygen atoms in total. The first kappa shape index (κ1) is 18.1. The van der Waals surface area contributed by atoms with Gasteiger partial charge in [0.1, 0.15) is 12.3 Å². The van der Waals surface area contributed by atoms with E-state index >= 15 is 0 Å². The molecule has 0 fully saturated rings. The summed E-state index contributed by atoms with van der Waals surface area (Å²) in [6.45, 7) is 5.13. The van der Waals surface area contributed by atoms with Crippen molar-refractivity contribution >= 4 is 24.0 Å². The molecule has 0 saturated carbocycles. The number of hydrogen-bond acceptors (Lipinski definition) is 7. The summed E-state index contributed by atoms with van der Waals surface area (Å²) in [4.78, 5) is 20.6. The number of aldehydes is 1. The van der Waals surface area contributed by atoms with Crippen LogP contribution in [-0.2, 0) is 14.3 Å². The smallest absolute Gasteiger partial charge is 0.215 e. The van der Waals surface area contributed by atoms with Crippen LogP contribution in [-0.4, -0.2) is 57.7 Å². The minimum atomic E-state index is -0.424. The predicted molar refractivity (Wildman–Crippen MR) is 85.3 cm³/mol. The van der Waals surface area contributed by atoms with E-state index in [2.05, 4.69) is 9.98 Å². The molecule has 0 atom stereocenters. The minimum Gasteiger partial charge on any atom is -0.472 e. The maximum atomic E-state index is 10.4. The molecule has 0 N–H and O–H groups in total. The van der Waals surface area contributed by atoms with Gasteiger partial charge in [0.15, 0.2) is 18.4 Å². The lowest BCUT2D eigenvalue weighted by atomic mass is 10.3. The first-order chi connectivity index (χ1) is 10.6. The third kappa shape index (κ3) is 5.79. The molecule has 1 rings (SSSR count). The zero-order chi connectivity index (χ0) is 16.4. The molecule has 1 aromatic heterocycles. The SMILES string of the molecule is CCOC(COc1ccc(N=CC=O)c(N(C)C)n1)OCC. The molecular formula is C15H23N3O4. The van der Waals surface area contributed by atoms with Gasteiger partial charge in [-0.1, -0.05) is 0 Å². The lowest BCUT2D eigenvalue weighted by Gasteiger charge is -2.18. The highest BCUT2D eigenvalue weighted by molar-refractivity contribution is 6.13. The van der Waals surface area contributed by atoms with E-state index in [1.165, 1.54) is 6.21 Å². The van der Waals surface area contributed by atoms with Gasteiger partial charge in [-0.15, -0.1) is 0 Å². The topological polar surface area (TPSA) is 73.3 Å². The summed E-state index contributed by atoms with van der Waals surface area (Å²) in [5, 5.41) is 0. The fourth-order valence-electron chi connectivity index (χ4n) is 1.71. The van der Waals surface area contributed by atoms with E-state index in [4.69, 9.17) is 14.2 Å². The number of anilines is 1. The summed E-state index contributed by atoms with van der Waals surface area (Å²) in [6, 6.07) is 3.44. The third-order valence-electron chi connectivity index (χ3n) is 2.60. The van der Waals surface area contributed by atoms with Crippen LogP contribution in [0, 0.1) is 0 Å². The van der Waals surface area contributed by atoms with E-state index in [-0.39, 0.29) is 6.61 Å². The van der Waals surface area contributed by atoms with E-state index in [0.29, 0.717) is 36.9 Å². The Morgan fingerprint density at radius 3 is 2.50 bits per heavy atom. The van der Waals surface area contributed by atoms with Gasteiger partial charge in [-0.3, -0.25) is 4.79 Å². The van der Waals surface area contributed by atoms with Crippen molar-refractivity contribution in [2.24, 2.45) is 4.99 Å². The van der Waals surface area contributed by atoms with Crippen LogP contribution in [0.25, 0.3) is 0 Å². The van der Waals surface area contributed by atoms with E-state index in [1.54, 1.807) is 17.0 Å². The first-order valence-corrected chi connectivity index (χ1v) is 7.14. The average Bonchev–Trinajstić information content (AvgIpc) is 2.51. The maximum absolute atomic E-state index is 10.4. The van der Waals surface area contributed by atoms with E-state index in [1.807, 2.05) is 27.9 Å². The molecule has 1 aromatic rings. The van der Waals surface area contributed by atoms with Crippen LogP contribution in [0.5, 0.6) is 5.88 Å². The molecule has 0 spiro atoms. The van der Waals surface area contributed by atoms with Gasteiger partial charge in [-0.05, 0) is 19.9 Å². The first-order valence-electron chi connectivity index (χ1n) is 7.14. The molecule has 1 heterocycles. The van der Waals surface area contributed by atoms with Gasteiger partial charge in [0.25, 0.3) is 0 Å². The average molecular weight is 309 g/mol. The number of carbonyl (C=O) groups excluding carboxylic acids is 1. The Balaban J connectivity index is 2.81. The Bertz CT molecular complexity index is 486. The number of nitrogens with zero attached hydrogens (tertiary/aromatic N) is 3. The minimum absolute atomic E-state index is 0.249. The van der Waals surface area contributed by atoms with Crippen molar-refractivity contribution in [2.45, 2.75) is 20.1 Å². The van der Waals surface area contributed by atoms with Gasteiger partial charge in [-0.2, -0.15) is 4.98 Å². The molecule has 0 aliphatic heterocycles. The molecule has 0 bridgehead atoms. The van der Waals surface area contributed by atoms with Crippen LogP contribution in [0.4, 0.5) is 11.5 Å². The molecule has 7 heteroatoms. The van der Waals surface area contributed by atoms with Gasteiger partial charge in [0.05, 0.1) is 6.21 Å². The summed E-state index contributed by atoms with van der Waals surface area (Å²) < 4.78 is 16.4. The zero-order valence-electron chi connectivity index (χ0n) is 13.5. The van der Waals surface area contributed by atoms with Crippen molar-refractivity contribution in [1.29, 1.82) is 0 Å². The van der Waals surface area contributed by atoms with Crippen LogP contribution in [0.1, 0.15) is 13.8 Å². The highest BCUT2D eigenvalue weighted by atomic mass is 16.7. The van der Waals surface area contributed by atoms with Gasteiger partial charge in [0.2, 0.25) is 5.88 Å². The van der Waals surface area contributed by atoms with E-state index in [0.717, 1.165) is 0 Å². The van der Waals surface area contributed by atoms with Crippen molar-refractivity contribution in [3.63, 3.8) is 0 Å². The normalized spacial score (nSPS) is 11.1. The van der Waals surface area contributed by atoms with Crippen molar-refractivity contribution in [3.05, 3.63) is 12.1 Å². The quantitative estimate of drug-likeness (QED) is 0.373. The Hall–Kier alpha value is -1.99. The summed E-state index contributed by atoms with van der Waals surface area (Å²) >= 11 is 0. The molecule has 0 amide bonds. The monoisotopic (exact) mass is 309 g/mol. The molecule has 0 aliphatic carbocycles. The predicted octanol–water partition coefficient (Wildman–Crippen LogP) is 1.83. The molecule has 0 aliphatic rings. The van der Waals surface area contributed by atoms with E-state index in [9.17, 15) is 4.79 Å². The van der Waals surface area contributed by atoms with Gasteiger partial charge < -0.3 is 19.1 Å². The molecule has 22 heavy (non-hydrogen) atoms. The van der Waals surface area contributed by atoms with Crippen LogP contribution >= 0.6 is 0 Å². The van der Waals surface area contributed by atoms with Gasteiger partial charge in [-0.25, -0.2) is 4.99 Å². The summed E-state index contributed by atoms with van der Waals surface area (Å²) in [6.07, 6.45) is 1.39. The molecule has 0 radical (unpaired) electrons. The lowest BCUT2D eigenvalue weighted by Crippen LogP contribution is -2.25. The Kier molecular flexibility index (Phi) is 8.09. The number of carbonyl (C=O) groups is 1. The number of aromatic nitrogens is 1. The van der Waals surface area contributed by atoms with Gasteiger partial charge in [0, 0.05) is 33.4 Å². The van der Waals surface area contributed by atoms with Gasteiger partial charge >= 0.3 is 0 Å². The maximum Gasteiger partial charge on any atom is 0.215 e. The zero-order valence-corrected chi connectivity index (χ0v) is 13.5. The highest BCUT2D eigenvalue weighted by Crippen LogP contribution is 2.27. The van der Waals surface area contributed by atoms with Crippen LogP contribution in [0.15, 0.2) is 17.1 Å². The number of pyridine rings is 1. The molecule has 0 saturated heterocycles. The number of ether oxygens (including phenoxy) is 3. The number of hydrogen-bond donors (Lipinski definition) is 0. The summed E-state index contributed by atoms with van der Waals surface area (Å²) in [5.74, 6) is 1.05. The van der Waals surface area contributed by atoms with Crippen LogP contribution in [0.2, 0.25) is 0 Å². The summed E-state index contributed by atoms with van der Waals surface area (Å²) in [5.41, 5.74) is 0.593. The largest absolute Gasteiger partial charge is 0.472 e. The van der Waals surface area contributed by atoms with Crippen molar-refractivity contribution in [3.8, 4) is 5.88 Å². The Morgan fingerprint density at radius 2 is 1.95 bits per heavy atom. The number of rotatable bonds is 10. The standard InChI is InChI=1S/C15H23N3O4/c1-5-20-14(21-6-2)11-22-13-8-7-12(16-9-10-19)15(17-13)18(3)4/h7-10,14H,5-6,11H2,1-4H3. The molecule has 0 unspecified atom stereocenters. The fraction of sp³-hybridized carbons (Fsp3) is 0.533. The summed E-state index contributed by atoms with van der Waals surface area (Å²) in [7, 11) is 3.68. The van der Waals surface area contributed by atoms with Crippen LogP contribution < -0.4 is 9.64 Å². The highest BCUT2D eigenvalue weighted by Gasteiger charge is 2.12. The second-order valence-electron chi connectivity index (χ2n) is 4.45. The Labute approximate surface area is 130 Å². The fourth-order valence-corrected chi connectivity index (χ4v) is 1.71. The third-order valence-corrected chi connectivity index (χ3v) is 2.60. The van der Waals surface area contributed by atoms with E-state index < -0.39 is 6.29 Å². The van der Waals surface area contributed by atoms with Crippen LogP contribution in [0.3, 0.4) is 0 Å². The molecule has 122 valence electrons. The van der Waals surface area contributed by atoms with Crippen molar-refractivity contribution in [2.75, 3.05) is 38.8 Å². The molecule has 0 aromatic carbocycles. The Morgan fingerprint density at radius 1 is 1.27 bits per heavy atom. The molecular weight excluding hydrogens is 286 g/mol. The second-order valence-corrected chi connectivity index (χ2v) is 4.45. The lowest BCUT2D eigenvalue weighted by molar-refractivity contribution is -0.152. The van der Waals surface area contributed by atoms with Crippen molar-refractivity contribution < 1.29 is 19.0 Å². The second kappa shape index (κ2) is 9.86. The van der Waals surface area contributed by atoms with Crippen molar-refractivity contribution in [1.82, 2.24) is 4.98 Å².